The van der Waals surface area contributed by atoms with Crippen molar-refractivity contribution in [3.8, 4) is 28.4 Å². The molecule has 1 atom stereocenters. The van der Waals surface area contributed by atoms with Crippen LogP contribution in [-0.2, 0) is 4.79 Å². The van der Waals surface area contributed by atoms with E-state index >= 15 is 0 Å². The van der Waals surface area contributed by atoms with Gasteiger partial charge in [-0.05, 0) is 36.8 Å². The molecule has 2 aliphatic rings. The van der Waals surface area contributed by atoms with Crippen molar-refractivity contribution in [3.63, 3.8) is 0 Å². The molecule has 0 radical (unpaired) electrons. The van der Waals surface area contributed by atoms with Crippen LogP contribution >= 0.6 is 11.3 Å². The number of nitrogens with zero attached hydrogens (tertiary/aromatic N) is 2. The molecule has 2 aliphatic heterocycles. The first-order valence-corrected chi connectivity index (χ1v) is 9.67. The average molecular weight is 395 g/mol. The molecule has 3 aromatic rings. The van der Waals surface area contributed by atoms with Crippen molar-refractivity contribution in [3.05, 3.63) is 41.9 Å². The Kier molecular flexibility index (Phi) is 3.87. The van der Waals surface area contributed by atoms with Crippen LogP contribution in [0.2, 0.25) is 0 Å². The maximum atomic E-state index is 12.3. The Morgan fingerprint density at radius 2 is 2.07 bits per heavy atom. The Labute approximate surface area is 165 Å². The molecule has 8 heteroatoms. The van der Waals surface area contributed by atoms with E-state index in [1.807, 2.05) is 35.7 Å². The minimum absolute atomic E-state index is 0.0799. The van der Waals surface area contributed by atoms with Gasteiger partial charge in [0, 0.05) is 18.6 Å². The van der Waals surface area contributed by atoms with Gasteiger partial charge >= 0.3 is 0 Å². The summed E-state index contributed by atoms with van der Waals surface area (Å²) in [5, 5.41) is 6.04. The molecule has 7 nitrogen and oxygen atoms in total. The normalized spacial score (nSPS) is 17.3. The zero-order chi connectivity index (χ0) is 19.3. The second kappa shape index (κ2) is 6.42. The molecule has 28 heavy (non-hydrogen) atoms. The Hall–Kier alpha value is -3.26. The van der Waals surface area contributed by atoms with E-state index in [0.29, 0.717) is 17.2 Å². The molecular formula is C20H17N3O4S. The molecule has 5 rings (SSSR count). The number of nitrogens with one attached hydrogen (secondary N) is 1. The van der Waals surface area contributed by atoms with Crippen LogP contribution in [0.1, 0.15) is 6.92 Å². The zero-order valence-corrected chi connectivity index (χ0v) is 16.1. The first-order valence-electron chi connectivity index (χ1n) is 8.79. The smallest absolute Gasteiger partial charge is 0.267 e. The summed E-state index contributed by atoms with van der Waals surface area (Å²) >= 11 is 1.51. The molecule has 0 spiro atoms. The van der Waals surface area contributed by atoms with Crippen molar-refractivity contribution in [2.75, 3.05) is 24.1 Å². The number of amides is 1. The first-order chi connectivity index (χ1) is 13.6. The van der Waals surface area contributed by atoms with Gasteiger partial charge in [-0.15, -0.1) is 11.3 Å². The van der Waals surface area contributed by atoms with Crippen molar-refractivity contribution in [1.82, 2.24) is 4.98 Å². The van der Waals surface area contributed by atoms with Crippen molar-refractivity contribution >= 4 is 33.8 Å². The highest BCUT2D eigenvalue weighted by molar-refractivity contribution is 7.13. The van der Waals surface area contributed by atoms with Crippen LogP contribution in [0, 0.1) is 0 Å². The van der Waals surface area contributed by atoms with E-state index in [0.717, 1.165) is 27.6 Å². The highest BCUT2D eigenvalue weighted by atomic mass is 32.1. The summed E-state index contributed by atoms with van der Waals surface area (Å²) in [6.45, 7) is 1.92. The van der Waals surface area contributed by atoms with Crippen molar-refractivity contribution in [2.24, 2.45) is 0 Å². The molecule has 0 bridgehead atoms. The van der Waals surface area contributed by atoms with E-state index in [1.54, 1.807) is 25.1 Å². The summed E-state index contributed by atoms with van der Waals surface area (Å²) < 4.78 is 17.1. The van der Waals surface area contributed by atoms with Gasteiger partial charge < -0.3 is 24.4 Å². The van der Waals surface area contributed by atoms with Gasteiger partial charge in [-0.2, -0.15) is 0 Å². The highest BCUT2D eigenvalue weighted by Crippen LogP contribution is 2.48. The molecule has 0 saturated heterocycles. The number of hydrogen-bond acceptors (Lipinski definition) is 7. The van der Waals surface area contributed by atoms with Crippen LogP contribution in [0.15, 0.2) is 41.9 Å². The molecule has 0 aliphatic carbocycles. The van der Waals surface area contributed by atoms with Crippen LogP contribution in [0.3, 0.4) is 0 Å². The number of hydrogen-bond donors (Lipinski definition) is 1. The summed E-state index contributed by atoms with van der Waals surface area (Å²) in [6.07, 6.45) is 1.25. The van der Waals surface area contributed by atoms with Gasteiger partial charge in [0.25, 0.3) is 5.91 Å². The number of fused-ring (bicyclic) bond motifs is 2. The Balaban J connectivity index is 1.65. The lowest BCUT2D eigenvalue weighted by Crippen LogP contribution is -2.41. The maximum Gasteiger partial charge on any atom is 0.267 e. The van der Waals surface area contributed by atoms with Crippen molar-refractivity contribution < 1.29 is 19.0 Å². The van der Waals surface area contributed by atoms with Gasteiger partial charge in [0.05, 0.1) is 16.9 Å². The molecule has 1 unspecified atom stereocenters. The topological polar surface area (TPSA) is 72.9 Å². The van der Waals surface area contributed by atoms with Gasteiger partial charge in [0.1, 0.15) is 5.75 Å². The lowest BCUT2D eigenvalue weighted by molar-refractivity contribution is -0.125. The minimum atomic E-state index is -0.497. The van der Waals surface area contributed by atoms with E-state index in [4.69, 9.17) is 14.2 Å². The summed E-state index contributed by atoms with van der Waals surface area (Å²) in [5.74, 6) is 1.95. The minimum Gasteiger partial charge on any atom is -0.479 e. The number of ether oxygens (including phenoxy) is 3. The summed E-state index contributed by atoms with van der Waals surface area (Å²) in [7, 11) is 1.76. The Morgan fingerprint density at radius 3 is 2.89 bits per heavy atom. The van der Waals surface area contributed by atoms with Gasteiger partial charge in [0.15, 0.2) is 22.7 Å². The molecule has 142 valence electrons. The molecule has 1 N–H and O–H groups in total. The van der Waals surface area contributed by atoms with Crippen LogP contribution in [0.5, 0.6) is 17.2 Å². The third-order valence-corrected chi connectivity index (χ3v) is 5.49. The van der Waals surface area contributed by atoms with Crippen LogP contribution in [0.25, 0.3) is 11.1 Å². The summed E-state index contributed by atoms with van der Waals surface area (Å²) in [5.41, 5.74) is 3.31. The number of carbonyl (C=O) groups excluding carboxylic acids is 1. The van der Waals surface area contributed by atoms with E-state index in [9.17, 15) is 4.79 Å². The first kappa shape index (κ1) is 16.9. The maximum absolute atomic E-state index is 12.3. The predicted octanol–water partition coefficient (Wildman–Crippen LogP) is 4.03. The third-order valence-electron chi connectivity index (χ3n) is 4.80. The Morgan fingerprint density at radius 1 is 1.21 bits per heavy atom. The number of likely N-dealkylation sites (N-methyl/N-ethyl adjacent to an activating group) is 1. The number of thiazole rings is 1. The lowest BCUT2D eigenvalue weighted by atomic mass is 10.00. The molecule has 1 amide bonds. The van der Waals surface area contributed by atoms with Crippen LogP contribution in [-0.4, -0.2) is 30.8 Å². The molecule has 1 aromatic heterocycles. The van der Waals surface area contributed by atoms with Gasteiger partial charge in [-0.1, -0.05) is 6.07 Å². The Bertz CT molecular complexity index is 1070. The largest absolute Gasteiger partial charge is 0.479 e. The number of carbonyl (C=O) groups is 1. The highest BCUT2D eigenvalue weighted by Gasteiger charge is 2.30. The summed E-state index contributed by atoms with van der Waals surface area (Å²) in [4.78, 5) is 18.3. The summed E-state index contributed by atoms with van der Waals surface area (Å²) in [6, 6.07) is 9.59. The standard InChI is InChI=1S/C20H17N3O4S/c1-11-19(24)23(2)14-9-12(3-5-15(14)27-11)17-13(22-20-21-7-8-28-20)4-6-16-18(17)26-10-25-16/h3-9,11H,10H2,1-2H3,(H,21,22). The number of benzene rings is 2. The van der Waals surface area contributed by atoms with E-state index in [1.165, 1.54) is 11.3 Å². The monoisotopic (exact) mass is 395 g/mol. The molecule has 0 saturated carbocycles. The lowest BCUT2D eigenvalue weighted by Gasteiger charge is -2.30. The molecule has 3 heterocycles. The average Bonchev–Trinajstić information content (AvgIpc) is 3.38. The van der Waals surface area contributed by atoms with Gasteiger partial charge in [-0.25, -0.2) is 4.98 Å². The zero-order valence-electron chi connectivity index (χ0n) is 15.3. The SMILES string of the molecule is CC1Oc2ccc(-c3c(Nc4nccs4)ccc4c3OCO4)cc2N(C)C1=O. The van der Waals surface area contributed by atoms with E-state index in [2.05, 4.69) is 10.3 Å². The van der Waals surface area contributed by atoms with Crippen LogP contribution < -0.4 is 24.4 Å². The third kappa shape index (κ3) is 2.65. The van der Waals surface area contributed by atoms with E-state index < -0.39 is 6.10 Å². The van der Waals surface area contributed by atoms with Crippen molar-refractivity contribution in [1.29, 1.82) is 0 Å². The number of anilines is 3. The fourth-order valence-electron chi connectivity index (χ4n) is 3.43. The second-order valence-corrected chi connectivity index (χ2v) is 7.42. The van der Waals surface area contributed by atoms with Gasteiger partial charge in [-0.3, -0.25) is 4.79 Å². The fraction of sp³-hybridized carbons (Fsp3) is 0.200. The van der Waals surface area contributed by atoms with Gasteiger partial charge in [0.2, 0.25) is 6.79 Å². The van der Waals surface area contributed by atoms with E-state index in [-0.39, 0.29) is 12.7 Å². The molecule has 0 fully saturated rings. The number of aromatic nitrogens is 1. The quantitative estimate of drug-likeness (QED) is 0.722. The number of rotatable bonds is 3. The predicted molar refractivity (Wildman–Crippen MR) is 107 cm³/mol. The molecule has 2 aromatic carbocycles. The van der Waals surface area contributed by atoms with Crippen LogP contribution in [0.4, 0.5) is 16.5 Å². The second-order valence-electron chi connectivity index (χ2n) is 6.52. The van der Waals surface area contributed by atoms with Crippen molar-refractivity contribution in [2.45, 2.75) is 13.0 Å². The fourth-order valence-corrected chi connectivity index (χ4v) is 3.97. The molecular weight excluding hydrogens is 378 g/mol.